The Hall–Kier alpha value is -5.10. The van der Waals surface area contributed by atoms with Crippen LogP contribution in [0.3, 0.4) is 0 Å². The lowest BCUT2D eigenvalue weighted by molar-refractivity contribution is 0.306. The first-order chi connectivity index (χ1) is 19.1. The Balaban J connectivity index is 1.10. The van der Waals surface area contributed by atoms with Gasteiger partial charge in [0.1, 0.15) is 23.9 Å². The van der Waals surface area contributed by atoms with Crippen LogP contribution in [0.25, 0.3) is 0 Å². The zero-order chi connectivity index (χ0) is 26.9. The average molecular weight is 517 g/mol. The molecule has 0 saturated carbocycles. The first-order valence-corrected chi connectivity index (χ1v) is 12.9. The molecule has 0 aliphatic heterocycles. The highest BCUT2D eigenvalue weighted by Gasteiger charge is 2.02. The highest BCUT2D eigenvalue weighted by molar-refractivity contribution is 5.49. The molecule has 5 aromatic rings. The number of ether oxygens (including phenoxy) is 2. The van der Waals surface area contributed by atoms with Crippen molar-refractivity contribution in [1.82, 2.24) is 0 Å². The first-order valence-electron chi connectivity index (χ1n) is 12.9. The smallest absolute Gasteiger partial charge is 0.127 e. The minimum absolute atomic E-state index is 0.495. The van der Waals surface area contributed by atoms with Crippen LogP contribution in [0.4, 0.5) is 22.7 Å². The number of nitrogens with one attached hydrogen (secondary N) is 2. The van der Waals surface area contributed by atoms with E-state index in [0.29, 0.717) is 12.3 Å². The van der Waals surface area contributed by atoms with E-state index in [1.165, 1.54) is 11.1 Å². The van der Waals surface area contributed by atoms with Crippen molar-refractivity contribution in [2.24, 2.45) is 0 Å². The Bertz CT molecular complexity index is 1480. The fourth-order valence-corrected chi connectivity index (χ4v) is 4.07. The third-order valence-electron chi connectivity index (χ3n) is 6.17. The lowest BCUT2D eigenvalue weighted by Gasteiger charge is -2.12. The van der Waals surface area contributed by atoms with Crippen molar-refractivity contribution in [2.75, 3.05) is 22.1 Å². The van der Waals surface area contributed by atoms with Crippen LogP contribution >= 0.6 is 0 Å². The Kier molecular flexibility index (Phi) is 8.14. The maximum absolute atomic E-state index is 5.88. The fourth-order valence-electron chi connectivity index (χ4n) is 4.07. The molecule has 0 unspecified atom stereocenters. The molecule has 0 amide bonds. The van der Waals surface area contributed by atoms with Gasteiger partial charge in [-0.2, -0.15) is 0 Å². The van der Waals surface area contributed by atoms with Crippen LogP contribution in [0.5, 0.6) is 17.2 Å². The highest BCUT2D eigenvalue weighted by atomic mass is 16.5. The van der Waals surface area contributed by atoms with E-state index in [1.807, 2.05) is 78.9 Å². The van der Waals surface area contributed by atoms with E-state index in [4.69, 9.17) is 20.9 Å². The predicted octanol–water partition coefficient (Wildman–Crippen LogP) is 7.45. The molecule has 5 rings (SSSR count). The van der Waals surface area contributed by atoms with Crippen LogP contribution in [0, 0.1) is 0 Å². The Morgan fingerprint density at radius 2 is 1.00 bits per heavy atom. The molecule has 5 aromatic carbocycles. The van der Waals surface area contributed by atoms with Gasteiger partial charge in [0, 0.05) is 35.8 Å². The summed E-state index contributed by atoms with van der Waals surface area (Å²) in [7, 11) is 0. The molecule has 0 fully saturated rings. The van der Waals surface area contributed by atoms with E-state index in [9.17, 15) is 0 Å². The minimum Gasteiger partial charge on any atom is -0.489 e. The summed E-state index contributed by atoms with van der Waals surface area (Å²) in [5.41, 5.74) is 18.5. The van der Waals surface area contributed by atoms with Crippen molar-refractivity contribution in [1.29, 1.82) is 0 Å². The van der Waals surface area contributed by atoms with Crippen LogP contribution in [0.1, 0.15) is 16.7 Å². The van der Waals surface area contributed by atoms with Gasteiger partial charge in [-0.25, -0.2) is 0 Å². The molecule has 0 aliphatic rings. The van der Waals surface area contributed by atoms with Gasteiger partial charge in [0.2, 0.25) is 0 Å². The molecule has 6 heteroatoms. The van der Waals surface area contributed by atoms with Crippen LogP contribution < -0.4 is 31.6 Å². The van der Waals surface area contributed by atoms with Crippen LogP contribution in [0.2, 0.25) is 0 Å². The van der Waals surface area contributed by atoms with Crippen molar-refractivity contribution in [3.8, 4) is 17.2 Å². The van der Waals surface area contributed by atoms with E-state index >= 15 is 0 Å². The van der Waals surface area contributed by atoms with E-state index in [2.05, 4.69) is 53.1 Å². The van der Waals surface area contributed by atoms with Crippen molar-refractivity contribution in [3.05, 3.63) is 138 Å². The second-order valence-electron chi connectivity index (χ2n) is 9.28. The van der Waals surface area contributed by atoms with Gasteiger partial charge in [0.25, 0.3) is 0 Å². The third kappa shape index (κ3) is 7.69. The molecule has 0 bridgehead atoms. The number of nitrogen functional groups attached to an aromatic ring is 2. The molecular formula is C33H32N4O2. The number of hydrogen-bond acceptors (Lipinski definition) is 6. The topological polar surface area (TPSA) is 94.6 Å². The molecule has 196 valence electrons. The number of anilines is 4. The van der Waals surface area contributed by atoms with Crippen LogP contribution in [-0.4, -0.2) is 0 Å². The Morgan fingerprint density at radius 1 is 0.487 bits per heavy atom. The molecule has 6 nitrogen and oxygen atoms in total. The highest BCUT2D eigenvalue weighted by Crippen LogP contribution is 2.24. The Morgan fingerprint density at radius 3 is 1.64 bits per heavy atom. The molecule has 0 radical (unpaired) electrons. The van der Waals surface area contributed by atoms with Gasteiger partial charge in [0.15, 0.2) is 0 Å². The lowest BCUT2D eigenvalue weighted by atomic mass is 10.1. The van der Waals surface area contributed by atoms with E-state index in [1.54, 1.807) is 0 Å². The maximum Gasteiger partial charge on any atom is 0.127 e. The average Bonchev–Trinajstić information content (AvgIpc) is 2.97. The number of hydrogen-bond donors (Lipinski definition) is 4. The third-order valence-corrected chi connectivity index (χ3v) is 6.17. The summed E-state index contributed by atoms with van der Waals surface area (Å²) >= 11 is 0. The molecule has 0 spiro atoms. The van der Waals surface area contributed by atoms with Crippen molar-refractivity contribution in [2.45, 2.75) is 19.7 Å². The van der Waals surface area contributed by atoms with E-state index < -0.39 is 0 Å². The largest absolute Gasteiger partial charge is 0.489 e. The zero-order valence-electron chi connectivity index (χ0n) is 21.6. The van der Waals surface area contributed by atoms with Gasteiger partial charge in [-0.05, 0) is 102 Å². The SMILES string of the molecule is Nc1ccc(OCc2cccc(NCc3cccc(CNc4ccc(Oc5ccc(N)cc5)cc4)c3)c2)cc1. The van der Waals surface area contributed by atoms with Crippen LogP contribution in [-0.2, 0) is 19.7 Å². The van der Waals surface area contributed by atoms with Crippen molar-refractivity contribution < 1.29 is 9.47 Å². The minimum atomic E-state index is 0.495. The first kappa shape index (κ1) is 25.5. The predicted molar refractivity (Wildman–Crippen MR) is 160 cm³/mol. The van der Waals surface area contributed by atoms with Gasteiger partial charge >= 0.3 is 0 Å². The molecule has 0 aliphatic carbocycles. The van der Waals surface area contributed by atoms with Crippen LogP contribution in [0.15, 0.2) is 121 Å². The lowest BCUT2D eigenvalue weighted by Crippen LogP contribution is -2.03. The summed E-state index contributed by atoms with van der Waals surface area (Å²) in [6.45, 7) is 1.95. The second kappa shape index (κ2) is 12.4. The number of benzene rings is 5. The quantitative estimate of drug-likeness (QED) is 0.136. The standard InChI is InChI=1S/C33H32N4O2/c34-27-7-13-31(14-8-27)38-23-26-5-2-6-30(20-26)37-22-25-4-1-3-24(19-25)21-36-29-11-17-33(18-12-29)39-32-15-9-28(35)10-16-32/h1-20,36-37H,21-23,34-35H2. The van der Waals surface area contributed by atoms with Gasteiger partial charge in [0.05, 0.1) is 0 Å². The van der Waals surface area contributed by atoms with Gasteiger partial charge in [-0.1, -0.05) is 36.4 Å². The van der Waals surface area contributed by atoms with Gasteiger partial charge in [-0.15, -0.1) is 0 Å². The number of rotatable bonds is 11. The summed E-state index contributed by atoms with van der Waals surface area (Å²) in [6.07, 6.45) is 0. The van der Waals surface area contributed by atoms with Crippen molar-refractivity contribution >= 4 is 22.7 Å². The summed E-state index contributed by atoms with van der Waals surface area (Å²) in [6, 6.07) is 39.6. The molecule has 39 heavy (non-hydrogen) atoms. The second-order valence-corrected chi connectivity index (χ2v) is 9.28. The summed E-state index contributed by atoms with van der Waals surface area (Å²) in [5, 5.41) is 7.01. The molecule has 0 saturated heterocycles. The van der Waals surface area contributed by atoms with Crippen molar-refractivity contribution in [3.63, 3.8) is 0 Å². The molecule has 0 atom stereocenters. The molecule has 0 heterocycles. The van der Waals surface area contributed by atoms with E-state index in [-0.39, 0.29) is 0 Å². The summed E-state index contributed by atoms with van der Waals surface area (Å²) < 4.78 is 11.8. The molecule has 0 aromatic heterocycles. The summed E-state index contributed by atoms with van der Waals surface area (Å²) in [4.78, 5) is 0. The van der Waals surface area contributed by atoms with E-state index in [0.717, 1.165) is 53.0 Å². The molecule has 6 N–H and O–H groups in total. The maximum atomic E-state index is 5.88. The zero-order valence-corrected chi connectivity index (χ0v) is 21.6. The normalized spacial score (nSPS) is 10.6. The monoisotopic (exact) mass is 516 g/mol. The van der Waals surface area contributed by atoms with Gasteiger partial charge in [-0.3, -0.25) is 0 Å². The van der Waals surface area contributed by atoms with Gasteiger partial charge < -0.3 is 31.6 Å². The fraction of sp³-hybridized carbons (Fsp3) is 0.0909. The summed E-state index contributed by atoms with van der Waals surface area (Å²) in [5.74, 6) is 2.34. The number of nitrogens with two attached hydrogens (primary N) is 2. The molecular weight excluding hydrogens is 484 g/mol. The Labute approximate surface area is 229 Å².